The van der Waals surface area contributed by atoms with Gasteiger partial charge in [0.25, 0.3) is 0 Å². The van der Waals surface area contributed by atoms with E-state index in [0.29, 0.717) is 5.69 Å². The Morgan fingerprint density at radius 2 is 1.53 bits per heavy atom. The van der Waals surface area contributed by atoms with Gasteiger partial charge in [0.2, 0.25) is 21.8 Å². The van der Waals surface area contributed by atoms with Gasteiger partial charge in [0.15, 0.2) is 0 Å². The molecule has 0 aromatic heterocycles. The van der Waals surface area contributed by atoms with E-state index >= 15 is 0 Å². The van der Waals surface area contributed by atoms with Gasteiger partial charge in [0, 0.05) is 12.6 Å². The monoisotopic (exact) mass is 515 g/mol. The smallest absolute Gasteiger partial charge is 0.244 e. The van der Waals surface area contributed by atoms with Crippen LogP contribution >= 0.6 is 0 Å². The lowest BCUT2D eigenvalue weighted by Gasteiger charge is -2.32. The number of aryl methyl sites for hydroxylation is 1. The molecule has 0 unspecified atom stereocenters. The van der Waals surface area contributed by atoms with Gasteiger partial charge in [0.05, 0.1) is 11.9 Å². The largest absolute Gasteiger partial charge is 0.352 e. The molecule has 0 aliphatic carbocycles. The van der Waals surface area contributed by atoms with Crippen LogP contribution in [0.2, 0.25) is 0 Å². The van der Waals surface area contributed by atoms with Gasteiger partial charge >= 0.3 is 0 Å². The summed E-state index contributed by atoms with van der Waals surface area (Å²) >= 11 is 0. The highest BCUT2D eigenvalue weighted by Crippen LogP contribution is 2.26. The number of benzene rings is 2. The van der Waals surface area contributed by atoms with E-state index < -0.39 is 28.5 Å². The summed E-state index contributed by atoms with van der Waals surface area (Å²) in [6.45, 7) is 13.5. The Balaban J connectivity index is 2.39. The minimum Gasteiger partial charge on any atom is -0.352 e. The highest BCUT2D eigenvalue weighted by molar-refractivity contribution is 7.92. The standard InChI is InChI=1S/C28H41N3O4S/c1-9-21(3)29-27(33)22(4)30(18-23-12-10-20(2)11-13-23)26(32)19-31(36(8,34)35)25-16-14-24(15-17-25)28(5,6)7/h10-17,21-22H,9,18-19H2,1-8H3,(H,29,33)/t21-,22-/m1/s1. The van der Waals surface area contributed by atoms with Crippen LogP contribution in [0.1, 0.15) is 64.7 Å². The summed E-state index contributed by atoms with van der Waals surface area (Å²) in [6, 6.07) is 14.1. The van der Waals surface area contributed by atoms with E-state index in [2.05, 4.69) is 26.1 Å². The number of hydrogen-bond acceptors (Lipinski definition) is 4. The second-order valence-corrected chi connectivity index (χ2v) is 12.5. The maximum Gasteiger partial charge on any atom is 0.244 e. The quantitative estimate of drug-likeness (QED) is 0.508. The van der Waals surface area contributed by atoms with Crippen molar-refractivity contribution in [3.05, 3.63) is 65.2 Å². The zero-order chi connectivity index (χ0) is 27.3. The van der Waals surface area contributed by atoms with Crippen molar-refractivity contribution in [3.63, 3.8) is 0 Å². The van der Waals surface area contributed by atoms with Gasteiger partial charge < -0.3 is 10.2 Å². The van der Waals surface area contributed by atoms with Crippen molar-refractivity contribution in [1.82, 2.24) is 10.2 Å². The van der Waals surface area contributed by atoms with Gasteiger partial charge in [-0.1, -0.05) is 69.7 Å². The topological polar surface area (TPSA) is 86.8 Å². The van der Waals surface area contributed by atoms with E-state index in [4.69, 9.17) is 0 Å². The van der Waals surface area contributed by atoms with E-state index in [1.165, 1.54) is 4.90 Å². The molecule has 0 saturated carbocycles. The molecule has 0 aliphatic rings. The van der Waals surface area contributed by atoms with E-state index in [1.54, 1.807) is 19.1 Å². The molecule has 0 saturated heterocycles. The maximum atomic E-state index is 13.6. The molecular formula is C28H41N3O4S. The average molecular weight is 516 g/mol. The fourth-order valence-corrected chi connectivity index (χ4v) is 4.53. The third-order valence-electron chi connectivity index (χ3n) is 6.34. The van der Waals surface area contributed by atoms with Crippen LogP contribution in [0.15, 0.2) is 48.5 Å². The summed E-state index contributed by atoms with van der Waals surface area (Å²) in [4.78, 5) is 28.0. The Hall–Kier alpha value is -2.87. The molecule has 0 fully saturated rings. The van der Waals surface area contributed by atoms with E-state index in [0.717, 1.165) is 33.7 Å². The second kappa shape index (κ2) is 11.9. The first-order valence-corrected chi connectivity index (χ1v) is 14.2. The zero-order valence-electron chi connectivity index (χ0n) is 22.8. The lowest BCUT2D eigenvalue weighted by Crippen LogP contribution is -2.52. The van der Waals surface area contributed by atoms with Crippen LogP contribution in [0.25, 0.3) is 0 Å². The van der Waals surface area contributed by atoms with Crippen molar-refractivity contribution in [2.24, 2.45) is 0 Å². The summed E-state index contributed by atoms with van der Waals surface area (Å²) in [5.74, 6) is -0.724. The molecule has 36 heavy (non-hydrogen) atoms. The Morgan fingerprint density at radius 1 is 0.972 bits per heavy atom. The Bertz CT molecular complexity index is 1140. The van der Waals surface area contributed by atoms with Gasteiger partial charge in [-0.25, -0.2) is 8.42 Å². The number of carbonyl (C=O) groups excluding carboxylic acids is 2. The number of hydrogen-bond donors (Lipinski definition) is 1. The second-order valence-electron chi connectivity index (χ2n) is 10.6. The average Bonchev–Trinajstić information content (AvgIpc) is 2.80. The van der Waals surface area contributed by atoms with Gasteiger partial charge in [0.1, 0.15) is 12.6 Å². The third kappa shape index (κ3) is 8.08. The fraction of sp³-hybridized carbons (Fsp3) is 0.500. The lowest BCUT2D eigenvalue weighted by atomic mass is 9.87. The van der Waals surface area contributed by atoms with Crippen molar-refractivity contribution >= 4 is 27.5 Å². The molecule has 0 aliphatic heterocycles. The van der Waals surface area contributed by atoms with Gasteiger partial charge in [-0.05, 0) is 55.9 Å². The van der Waals surface area contributed by atoms with Crippen LogP contribution in [0, 0.1) is 6.92 Å². The molecule has 2 atom stereocenters. The van der Waals surface area contributed by atoms with E-state index in [-0.39, 0.29) is 23.9 Å². The predicted molar refractivity (Wildman–Crippen MR) is 146 cm³/mol. The van der Waals surface area contributed by atoms with Crippen molar-refractivity contribution in [2.75, 3.05) is 17.1 Å². The van der Waals surface area contributed by atoms with Gasteiger partial charge in [-0.3, -0.25) is 13.9 Å². The summed E-state index contributed by atoms with van der Waals surface area (Å²) in [5.41, 5.74) is 3.32. The van der Waals surface area contributed by atoms with E-state index in [9.17, 15) is 18.0 Å². The highest BCUT2D eigenvalue weighted by Gasteiger charge is 2.30. The molecule has 0 bridgehead atoms. The minimum absolute atomic E-state index is 0.0369. The highest BCUT2D eigenvalue weighted by atomic mass is 32.2. The van der Waals surface area contributed by atoms with E-state index in [1.807, 2.05) is 57.2 Å². The summed E-state index contributed by atoms with van der Waals surface area (Å²) in [5, 5.41) is 2.93. The summed E-state index contributed by atoms with van der Waals surface area (Å²) in [6.07, 6.45) is 1.85. The first-order chi connectivity index (χ1) is 16.6. The molecule has 198 valence electrons. The number of sulfonamides is 1. The van der Waals surface area contributed by atoms with Crippen molar-refractivity contribution in [1.29, 1.82) is 0 Å². The lowest BCUT2D eigenvalue weighted by molar-refractivity contribution is -0.139. The number of nitrogens with one attached hydrogen (secondary N) is 1. The fourth-order valence-electron chi connectivity index (χ4n) is 3.68. The normalized spacial score (nSPS) is 13.6. The number of carbonyl (C=O) groups is 2. The molecule has 2 amide bonds. The Kier molecular flexibility index (Phi) is 9.71. The van der Waals surface area contributed by atoms with Crippen LogP contribution in [-0.4, -0.2) is 50.0 Å². The first-order valence-electron chi connectivity index (χ1n) is 12.4. The molecule has 0 spiro atoms. The molecule has 1 N–H and O–H groups in total. The number of anilines is 1. The summed E-state index contributed by atoms with van der Waals surface area (Å²) < 4.78 is 26.6. The maximum absolute atomic E-state index is 13.6. The van der Waals surface area contributed by atoms with Crippen LogP contribution in [0.5, 0.6) is 0 Å². The van der Waals surface area contributed by atoms with Crippen LogP contribution in [-0.2, 0) is 31.6 Å². The number of rotatable bonds is 10. The molecule has 2 rings (SSSR count). The number of nitrogens with zero attached hydrogens (tertiary/aromatic N) is 2. The molecule has 2 aromatic rings. The number of amides is 2. The molecular weight excluding hydrogens is 474 g/mol. The van der Waals surface area contributed by atoms with Crippen LogP contribution in [0.4, 0.5) is 5.69 Å². The van der Waals surface area contributed by atoms with Crippen molar-refractivity contribution in [2.45, 2.75) is 78.9 Å². The van der Waals surface area contributed by atoms with Crippen molar-refractivity contribution < 1.29 is 18.0 Å². The molecule has 8 heteroatoms. The molecule has 0 heterocycles. The minimum atomic E-state index is -3.76. The van der Waals surface area contributed by atoms with Gasteiger partial charge in [-0.15, -0.1) is 0 Å². The molecule has 7 nitrogen and oxygen atoms in total. The Morgan fingerprint density at radius 3 is 2.00 bits per heavy atom. The first kappa shape index (κ1) is 29.4. The predicted octanol–water partition coefficient (Wildman–Crippen LogP) is 4.39. The summed E-state index contributed by atoms with van der Waals surface area (Å²) in [7, 11) is -3.76. The molecule has 2 aromatic carbocycles. The third-order valence-corrected chi connectivity index (χ3v) is 7.48. The zero-order valence-corrected chi connectivity index (χ0v) is 23.6. The van der Waals surface area contributed by atoms with Gasteiger partial charge in [-0.2, -0.15) is 0 Å². The van der Waals surface area contributed by atoms with Crippen LogP contribution in [0.3, 0.4) is 0 Å². The van der Waals surface area contributed by atoms with Crippen molar-refractivity contribution in [3.8, 4) is 0 Å². The Labute approximate surface area is 216 Å². The molecule has 0 radical (unpaired) electrons. The SMILES string of the molecule is CC[C@@H](C)NC(=O)[C@@H](C)N(Cc1ccc(C)cc1)C(=O)CN(c1ccc(C(C)(C)C)cc1)S(C)(=O)=O. The van der Waals surface area contributed by atoms with Crippen LogP contribution < -0.4 is 9.62 Å².